The Morgan fingerprint density at radius 2 is 1.28 bits per heavy atom. The van der Waals surface area contributed by atoms with E-state index in [1.165, 1.54) is 12.4 Å². The Balaban J connectivity index is 0.000000181. The van der Waals surface area contributed by atoms with Gasteiger partial charge in [-0.25, -0.2) is 19.9 Å². The lowest BCUT2D eigenvalue weighted by molar-refractivity contribution is 0.103. The van der Waals surface area contributed by atoms with Crippen LogP contribution in [0.3, 0.4) is 0 Å². The Kier molecular flexibility index (Phi) is 8.50. The smallest absolute Gasteiger partial charge is 0.223 e. The van der Waals surface area contributed by atoms with Crippen molar-refractivity contribution in [3.63, 3.8) is 0 Å². The second kappa shape index (κ2) is 11.3. The Hall–Kier alpha value is -2.61. The van der Waals surface area contributed by atoms with Crippen molar-refractivity contribution in [1.29, 1.82) is 0 Å². The predicted octanol–water partition coefficient (Wildman–Crippen LogP) is 5.88. The maximum atomic E-state index is 12.0. The Labute approximate surface area is 203 Å². The summed E-state index contributed by atoms with van der Waals surface area (Å²) in [6, 6.07) is 17.9. The number of hydrogen-bond acceptors (Lipinski definition) is 6. The summed E-state index contributed by atoms with van der Waals surface area (Å²) in [4.78, 5) is 27.0. The van der Waals surface area contributed by atoms with Gasteiger partial charge in [-0.05, 0) is 28.8 Å². The van der Waals surface area contributed by atoms with Gasteiger partial charge in [0, 0.05) is 23.5 Å². The van der Waals surface area contributed by atoms with Crippen molar-refractivity contribution in [3.05, 3.63) is 116 Å². The summed E-state index contributed by atoms with van der Waals surface area (Å²) in [5.41, 5.74) is 1.96. The molecule has 6 nitrogen and oxygen atoms in total. The van der Waals surface area contributed by atoms with E-state index >= 15 is 0 Å². The van der Waals surface area contributed by atoms with Crippen molar-refractivity contribution in [1.82, 2.24) is 19.9 Å². The van der Waals surface area contributed by atoms with Crippen molar-refractivity contribution in [2.45, 2.75) is 6.10 Å². The molecule has 0 spiro atoms. The molecule has 2 heterocycles. The minimum atomic E-state index is -0.842. The number of rotatable bonds is 4. The quantitative estimate of drug-likeness (QED) is 0.211. The fourth-order valence-electron chi connectivity index (χ4n) is 2.59. The summed E-state index contributed by atoms with van der Waals surface area (Å²) in [5.74, 6) is -0.220. The third-order valence-electron chi connectivity index (χ3n) is 4.14. The van der Waals surface area contributed by atoms with Gasteiger partial charge in [-0.2, -0.15) is 0 Å². The molecule has 0 aliphatic heterocycles. The highest BCUT2D eigenvalue weighted by Crippen LogP contribution is 2.26. The summed E-state index contributed by atoms with van der Waals surface area (Å²) in [5, 5.41) is 10.4. The number of aliphatic hydroxyl groups is 1. The van der Waals surface area contributed by atoms with Gasteiger partial charge in [-0.1, -0.05) is 83.9 Å². The maximum absolute atomic E-state index is 12.0. The fourth-order valence-corrected chi connectivity index (χ4v) is 3.39. The molecule has 0 aliphatic carbocycles. The van der Waals surface area contributed by atoms with E-state index in [4.69, 9.17) is 46.4 Å². The number of ketones is 1. The zero-order chi connectivity index (χ0) is 23.1. The minimum Gasteiger partial charge on any atom is -0.383 e. The molecule has 0 fully saturated rings. The van der Waals surface area contributed by atoms with Gasteiger partial charge >= 0.3 is 0 Å². The fraction of sp³-hybridized carbons (Fsp3) is 0.0455. The molecule has 32 heavy (non-hydrogen) atoms. The second-order valence-electron chi connectivity index (χ2n) is 6.24. The first-order chi connectivity index (χ1) is 15.4. The van der Waals surface area contributed by atoms with Gasteiger partial charge in [-0.3, -0.25) is 4.79 Å². The van der Waals surface area contributed by atoms with Gasteiger partial charge in [0.05, 0.1) is 5.56 Å². The number of aromatic nitrogens is 4. The molecule has 2 aromatic carbocycles. The van der Waals surface area contributed by atoms with E-state index in [9.17, 15) is 9.90 Å². The molecule has 0 amide bonds. The van der Waals surface area contributed by atoms with Crippen LogP contribution in [-0.4, -0.2) is 30.8 Å². The first-order valence-corrected chi connectivity index (χ1v) is 10.6. The highest BCUT2D eigenvalue weighted by molar-refractivity contribution is 6.35. The number of nitrogens with zero attached hydrogens (tertiary/aromatic N) is 4. The van der Waals surface area contributed by atoms with E-state index in [0.29, 0.717) is 11.1 Å². The molecule has 162 valence electrons. The zero-order valence-electron chi connectivity index (χ0n) is 16.2. The van der Waals surface area contributed by atoms with Crippen molar-refractivity contribution in [2.24, 2.45) is 0 Å². The van der Waals surface area contributed by atoms with E-state index in [-0.39, 0.29) is 32.2 Å². The highest BCUT2D eigenvalue weighted by Gasteiger charge is 2.16. The van der Waals surface area contributed by atoms with Crippen LogP contribution in [0.5, 0.6) is 0 Å². The third-order valence-corrected chi connectivity index (χ3v) is 5.10. The number of hydrogen-bond donors (Lipinski definition) is 1. The van der Waals surface area contributed by atoms with Crippen LogP contribution in [0.15, 0.2) is 73.1 Å². The van der Waals surface area contributed by atoms with Crippen LogP contribution >= 0.6 is 46.4 Å². The summed E-state index contributed by atoms with van der Waals surface area (Å²) < 4.78 is 0. The van der Waals surface area contributed by atoms with Crippen molar-refractivity contribution in [2.75, 3.05) is 0 Å². The lowest BCUT2D eigenvalue weighted by Gasteiger charge is -2.11. The predicted molar refractivity (Wildman–Crippen MR) is 124 cm³/mol. The SMILES string of the molecule is O=C(c1ccccc1)c1cnc(Cl)nc1Cl.OC(c1ccccc1)c1cnc(Cl)nc1Cl. The third kappa shape index (κ3) is 6.22. The van der Waals surface area contributed by atoms with Gasteiger partial charge in [0.2, 0.25) is 10.6 Å². The molecule has 0 saturated carbocycles. The molecule has 0 bridgehead atoms. The molecule has 1 unspecified atom stereocenters. The molecule has 0 radical (unpaired) electrons. The van der Waals surface area contributed by atoms with Crippen LogP contribution in [0.1, 0.15) is 33.2 Å². The monoisotopic (exact) mass is 506 g/mol. The average Bonchev–Trinajstić information content (AvgIpc) is 2.80. The summed E-state index contributed by atoms with van der Waals surface area (Å²) in [6.07, 6.45) is 1.91. The lowest BCUT2D eigenvalue weighted by Crippen LogP contribution is -2.04. The van der Waals surface area contributed by atoms with E-state index in [0.717, 1.165) is 5.56 Å². The molecule has 1 atom stereocenters. The highest BCUT2D eigenvalue weighted by atomic mass is 35.5. The molecule has 4 aromatic rings. The molecule has 0 saturated heterocycles. The van der Waals surface area contributed by atoms with Crippen molar-refractivity contribution >= 4 is 52.2 Å². The molecular weight excluding hydrogens is 494 g/mol. The second-order valence-corrected chi connectivity index (χ2v) is 7.63. The Morgan fingerprint density at radius 3 is 1.84 bits per heavy atom. The summed E-state index contributed by atoms with van der Waals surface area (Å²) in [7, 11) is 0. The topological polar surface area (TPSA) is 88.9 Å². The Morgan fingerprint density at radius 1 is 0.750 bits per heavy atom. The zero-order valence-corrected chi connectivity index (χ0v) is 19.2. The number of aliphatic hydroxyl groups excluding tert-OH is 1. The van der Waals surface area contributed by atoms with Crippen LogP contribution in [0.25, 0.3) is 0 Å². The minimum absolute atomic E-state index is 0.0228. The first-order valence-electron chi connectivity index (χ1n) is 9.05. The van der Waals surface area contributed by atoms with E-state index in [2.05, 4.69) is 19.9 Å². The first kappa shape index (κ1) is 24.0. The van der Waals surface area contributed by atoms with Crippen LogP contribution in [0.2, 0.25) is 20.9 Å². The number of carbonyl (C=O) groups is 1. The van der Waals surface area contributed by atoms with E-state index in [1.54, 1.807) is 36.4 Å². The van der Waals surface area contributed by atoms with Gasteiger partial charge in [0.15, 0.2) is 5.78 Å². The molecule has 2 aromatic heterocycles. The summed E-state index contributed by atoms with van der Waals surface area (Å²) >= 11 is 22.8. The number of carbonyl (C=O) groups excluding carboxylic acids is 1. The summed E-state index contributed by atoms with van der Waals surface area (Å²) in [6.45, 7) is 0. The van der Waals surface area contributed by atoms with E-state index in [1.807, 2.05) is 24.3 Å². The van der Waals surface area contributed by atoms with Gasteiger partial charge in [-0.15, -0.1) is 0 Å². The van der Waals surface area contributed by atoms with E-state index < -0.39 is 6.10 Å². The van der Waals surface area contributed by atoms with Gasteiger partial charge in [0.1, 0.15) is 16.4 Å². The van der Waals surface area contributed by atoms with Crippen LogP contribution in [-0.2, 0) is 0 Å². The maximum Gasteiger partial charge on any atom is 0.223 e. The lowest BCUT2D eigenvalue weighted by atomic mass is 10.0. The molecule has 10 heteroatoms. The van der Waals surface area contributed by atoms with Crippen molar-refractivity contribution < 1.29 is 9.90 Å². The molecular formula is C22H14Cl4N4O2. The van der Waals surface area contributed by atoms with Crippen LogP contribution in [0.4, 0.5) is 0 Å². The van der Waals surface area contributed by atoms with Crippen LogP contribution in [0, 0.1) is 0 Å². The number of benzene rings is 2. The molecule has 4 rings (SSSR count). The largest absolute Gasteiger partial charge is 0.383 e. The van der Waals surface area contributed by atoms with Gasteiger partial charge < -0.3 is 5.11 Å². The van der Waals surface area contributed by atoms with Gasteiger partial charge in [0.25, 0.3) is 0 Å². The van der Waals surface area contributed by atoms with Crippen molar-refractivity contribution in [3.8, 4) is 0 Å². The normalized spacial score (nSPS) is 11.3. The Bertz CT molecular complexity index is 1210. The molecule has 0 aliphatic rings. The van der Waals surface area contributed by atoms with Crippen LogP contribution < -0.4 is 0 Å². The molecule has 1 N–H and O–H groups in total. The number of halogens is 4. The standard InChI is InChI=1S/C11H8Cl2N2O.C11H6Cl2N2O/c2*12-10-8(6-14-11(13)15-10)9(16)7-4-2-1-3-5-7/h1-6,9,16H;1-6H. The average molecular weight is 508 g/mol.